The van der Waals surface area contributed by atoms with Gasteiger partial charge in [0.15, 0.2) is 0 Å². The van der Waals surface area contributed by atoms with Crippen LogP contribution >= 0.6 is 31.9 Å². The second-order valence-corrected chi connectivity index (χ2v) is 7.49. The molecule has 106 valence electrons. The SMILES string of the molecule is C#C/C=C\C[C@@H]1OC(C(Br)CC)C[C@@H]2O[C@H]1CC2Br. The Balaban J connectivity index is 2.07. The van der Waals surface area contributed by atoms with Crippen LogP contribution < -0.4 is 0 Å². The fraction of sp³-hybridized carbons (Fsp3) is 0.733. The summed E-state index contributed by atoms with van der Waals surface area (Å²) in [6.45, 7) is 2.17. The average Bonchev–Trinajstić information content (AvgIpc) is 2.66. The van der Waals surface area contributed by atoms with Crippen LogP contribution in [0.1, 0.15) is 32.6 Å². The highest BCUT2D eigenvalue weighted by atomic mass is 79.9. The third kappa shape index (κ3) is 3.85. The van der Waals surface area contributed by atoms with Gasteiger partial charge in [-0.2, -0.15) is 0 Å². The van der Waals surface area contributed by atoms with E-state index in [9.17, 15) is 0 Å². The van der Waals surface area contributed by atoms with Crippen LogP contribution in [0, 0.1) is 12.3 Å². The summed E-state index contributed by atoms with van der Waals surface area (Å²) in [7, 11) is 0. The Hall–Kier alpha value is 0.180. The predicted molar refractivity (Wildman–Crippen MR) is 84.9 cm³/mol. The lowest BCUT2D eigenvalue weighted by Crippen LogP contribution is -2.36. The van der Waals surface area contributed by atoms with Crippen molar-refractivity contribution in [1.29, 1.82) is 0 Å². The van der Waals surface area contributed by atoms with Crippen LogP contribution in [0.2, 0.25) is 0 Å². The van der Waals surface area contributed by atoms with Gasteiger partial charge in [0.1, 0.15) is 0 Å². The molecule has 2 aliphatic rings. The first-order valence-corrected chi connectivity index (χ1v) is 8.69. The van der Waals surface area contributed by atoms with E-state index in [1.807, 2.05) is 6.08 Å². The lowest BCUT2D eigenvalue weighted by molar-refractivity contribution is -0.0523. The second kappa shape index (κ2) is 7.26. The van der Waals surface area contributed by atoms with Crippen molar-refractivity contribution < 1.29 is 9.47 Å². The predicted octanol–water partition coefficient (Wildman–Crippen LogP) is 3.82. The highest BCUT2D eigenvalue weighted by Gasteiger charge is 2.44. The van der Waals surface area contributed by atoms with Gasteiger partial charge < -0.3 is 9.47 Å². The molecular weight excluding hydrogens is 372 g/mol. The Morgan fingerprint density at radius 1 is 1.37 bits per heavy atom. The van der Waals surface area contributed by atoms with E-state index in [0.29, 0.717) is 9.65 Å². The van der Waals surface area contributed by atoms with Crippen LogP contribution in [0.5, 0.6) is 0 Å². The number of hydrogen-bond donors (Lipinski definition) is 0. The van der Waals surface area contributed by atoms with Gasteiger partial charge in [-0.1, -0.05) is 50.8 Å². The molecule has 0 aromatic carbocycles. The molecule has 0 N–H and O–H groups in total. The van der Waals surface area contributed by atoms with E-state index in [0.717, 1.165) is 25.7 Å². The molecule has 2 rings (SSSR count). The van der Waals surface area contributed by atoms with Crippen LogP contribution in [0.15, 0.2) is 12.2 Å². The van der Waals surface area contributed by atoms with Gasteiger partial charge in [-0.05, 0) is 25.3 Å². The Morgan fingerprint density at radius 2 is 2.16 bits per heavy atom. The monoisotopic (exact) mass is 390 g/mol. The van der Waals surface area contributed by atoms with Crippen molar-refractivity contribution in [1.82, 2.24) is 0 Å². The molecule has 0 aromatic rings. The number of terminal acetylenes is 1. The van der Waals surface area contributed by atoms with Crippen molar-refractivity contribution >= 4 is 31.9 Å². The fourth-order valence-electron chi connectivity index (χ4n) is 2.75. The standard InChI is InChI=1S/C15H20Br2O2/c1-3-5-6-7-12-15-8-11(17)14(19-15)9-13(18-12)10(16)4-2/h1,5-6,10-15H,4,7-9H2,2H3/b6-5-/t10?,11?,12-,13?,14-,15-/m0/s1. The van der Waals surface area contributed by atoms with Gasteiger partial charge in [0.2, 0.25) is 0 Å². The van der Waals surface area contributed by atoms with Crippen molar-refractivity contribution in [3.8, 4) is 12.3 Å². The molecule has 2 bridgehead atoms. The first-order valence-electron chi connectivity index (χ1n) is 6.85. The summed E-state index contributed by atoms with van der Waals surface area (Å²) in [5.74, 6) is 2.52. The summed E-state index contributed by atoms with van der Waals surface area (Å²) in [6, 6.07) is 0. The molecule has 2 heterocycles. The van der Waals surface area contributed by atoms with Gasteiger partial charge in [-0.3, -0.25) is 0 Å². The van der Waals surface area contributed by atoms with Crippen LogP contribution in [-0.4, -0.2) is 34.1 Å². The van der Waals surface area contributed by atoms with Crippen molar-refractivity contribution in [2.24, 2.45) is 0 Å². The molecule has 2 fully saturated rings. The van der Waals surface area contributed by atoms with Crippen molar-refractivity contribution in [2.75, 3.05) is 0 Å². The number of halogens is 2. The van der Waals surface area contributed by atoms with Crippen molar-refractivity contribution in [3.05, 3.63) is 12.2 Å². The minimum absolute atomic E-state index is 0.105. The quantitative estimate of drug-likeness (QED) is 0.535. The molecular formula is C15H20Br2O2. The van der Waals surface area contributed by atoms with Gasteiger partial charge in [-0.25, -0.2) is 0 Å². The molecule has 0 aromatic heterocycles. The highest BCUT2D eigenvalue weighted by Crippen LogP contribution is 2.38. The fourth-order valence-corrected chi connectivity index (χ4v) is 3.80. The molecule has 19 heavy (non-hydrogen) atoms. The molecule has 2 saturated heterocycles. The number of fused-ring (bicyclic) bond motifs is 2. The number of alkyl halides is 2. The molecule has 6 atom stereocenters. The zero-order valence-corrected chi connectivity index (χ0v) is 14.3. The molecule has 2 nitrogen and oxygen atoms in total. The minimum atomic E-state index is 0.105. The third-order valence-corrected chi connectivity index (χ3v) is 6.02. The maximum atomic E-state index is 6.28. The summed E-state index contributed by atoms with van der Waals surface area (Å²) in [5, 5.41) is 0. The zero-order valence-electron chi connectivity index (χ0n) is 11.1. The van der Waals surface area contributed by atoms with E-state index < -0.39 is 0 Å². The van der Waals surface area contributed by atoms with Crippen LogP contribution in [0.4, 0.5) is 0 Å². The molecule has 3 unspecified atom stereocenters. The Bertz CT molecular complexity index is 364. The summed E-state index contributed by atoms with van der Waals surface area (Å²) >= 11 is 7.47. The lowest BCUT2D eigenvalue weighted by atomic mass is 9.99. The van der Waals surface area contributed by atoms with E-state index in [2.05, 4.69) is 44.7 Å². The minimum Gasteiger partial charge on any atom is -0.371 e. The van der Waals surface area contributed by atoms with Gasteiger partial charge in [-0.15, -0.1) is 6.42 Å². The van der Waals surface area contributed by atoms with Crippen LogP contribution in [0.3, 0.4) is 0 Å². The highest BCUT2D eigenvalue weighted by molar-refractivity contribution is 9.09. The summed E-state index contributed by atoms with van der Waals surface area (Å²) < 4.78 is 12.4. The molecule has 0 saturated carbocycles. The molecule has 0 aliphatic carbocycles. The van der Waals surface area contributed by atoms with Crippen LogP contribution in [0.25, 0.3) is 0 Å². The largest absolute Gasteiger partial charge is 0.371 e. The molecule has 0 radical (unpaired) electrons. The molecule has 0 spiro atoms. The van der Waals surface area contributed by atoms with Crippen molar-refractivity contribution in [2.45, 2.75) is 66.7 Å². The third-order valence-electron chi connectivity index (χ3n) is 3.82. The zero-order chi connectivity index (χ0) is 13.8. The van der Waals surface area contributed by atoms with Gasteiger partial charge in [0.25, 0.3) is 0 Å². The van der Waals surface area contributed by atoms with E-state index in [1.165, 1.54) is 0 Å². The summed E-state index contributed by atoms with van der Waals surface area (Å²) in [5.41, 5.74) is 0. The first kappa shape index (κ1) is 15.6. The molecule has 4 heteroatoms. The number of rotatable bonds is 4. The summed E-state index contributed by atoms with van der Waals surface area (Å²) in [6.07, 6.45) is 13.6. The number of hydrogen-bond acceptors (Lipinski definition) is 2. The van der Waals surface area contributed by atoms with Gasteiger partial charge in [0.05, 0.1) is 24.4 Å². The Morgan fingerprint density at radius 3 is 2.84 bits per heavy atom. The van der Waals surface area contributed by atoms with E-state index in [1.54, 1.807) is 6.08 Å². The normalized spacial score (nSPS) is 40.0. The molecule has 0 amide bonds. The van der Waals surface area contributed by atoms with E-state index in [4.69, 9.17) is 15.9 Å². The maximum Gasteiger partial charge on any atom is 0.0876 e. The summed E-state index contributed by atoms with van der Waals surface area (Å²) in [4.78, 5) is 0.828. The first-order chi connectivity index (χ1) is 9.15. The lowest BCUT2D eigenvalue weighted by Gasteiger charge is -2.29. The smallest absolute Gasteiger partial charge is 0.0876 e. The van der Waals surface area contributed by atoms with Crippen molar-refractivity contribution in [3.63, 3.8) is 0 Å². The Labute approximate surface area is 132 Å². The van der Waals surface area contributed by atoms with Crippen LogP contribution in [-0.2, 0) is 9.47 Å². The second-order valence-electron chi connectivity index (χ2n) is 5.14. The molecule has 2 aliphatic heterocycles. The van der Waals surface area contributed by atoms with Gasteiger partial charge >= 0.3 is 0 Å². The van der Waals surface area contributed by atoms with E-state index >= 15 is 0 Å². The average molecular weight is 392 g/mol. The number of allylic oxidation sites excluding steroid dienone is 1. The van der Waals surface area contributed by atoms with Gasteiger partial charge in [0, 0.05) is 16.1 Å². The Kier molecular flexibility index (Phi) is 5.95. The maximum absolute atomic E-state index is 6.28. The topological polar surface area (TPSA) is 18.5 Å². The number of ether oxygens (including phenoxy) is 2. The van der Waals surface area contributed by atoms with E-state index in [-0.39, 0.29) is 24.4 Å².